The SMILES string of the molecule is C=CCc1c(Br)ccc(C(=O)CC)c1O. The fraction of sp³-hybridized carbons (Fsp3) is 0.250. The third kappa shape index (κ3) is 2.48. The van der Waals surface area contributed by atoms with Gasteiger partial charge in [-0.25, -0.2) is 0 Å². The van der Waals surface area contributed by atoms with E-state index in [4.69, 9.17) is 0 Å². The fourth-order valence-electron chi connectivity index (χ4n) is 1.37. The van der Waals surface area contributed by atoms with Crippen LogP contribution in [0.15, 0.2) is 29.3 Å². The van der Waals surface area contributed by atoms with Crippen LogP contribution in [0.4, 0.5) is 0 Å². The lowest BCUT2D eigenvalue weighted by molar-refractivity contribution is 0.0985. The zero-order valence-corrected chi connectivity index (χ0v) is 10.2. The summed E-state index contributed by atoms with van der Waals surface area (Å²) in [5.74, 6) is 0.0152. The number of ketones is 1. The molecule has 15 heavy (non-hydrogen) atoms. The van der Waals surface area contributed by atoms with E-state index in [9.17, 15) is 9.90 Å². The third-order valence-corrected chi connectivity index (χ3v) is 2.94. The number of carbonyl (C=O) groups excluding carboxylic acids is 1. The Balaban J connectivity index is 3.27. The number of aromatic hydroxyl groups is 1. The first-order chi connectivity index (χ1) is 7.11. The molecule has 0 atom stereocenters. The Labute approximate surface area is 97.8 Å². The quantitative estimate of drug-likeness (QED) is 0.671. The monoisotopic (exact) mass is 268 g/mol. The Kier molecular flexibility index (Phi) is 4.09. The molecule has 1 rings (SSSR count). The first-order valence-corrected chi connectivity index (χ1v) is 5.55. The summed E-state index contributed by atoms with van der Waals surface area (Å²) in [5, 5.41) is 9.90. The number of allylic oxidation sites excluding steroid dienone is 1. The second-order valence-corrected chi connectivity index (χ2v) is 4.05. The number of carbonyl (C=O) groups is 1. The van der Waals surface area contributed by atoms with E-state index in [0.29, 0.717) is 24.0 Å². The van der Waals surface area contributed by atoms with Gasteiger partial charge in [0.1, 0.15) is 5.75 Å². The van der Waals surface area contributed by atoms with E-state index >= 15 is 0 Å². The highest BCUT2D eigenvalue weighted by Gasteiger charge is 2.14. The molecule has 0 aliphatic rings. The third-order valence-electron chi connectivity index (χ3n) is 2.20. The second-order valence-electron chi connectivity index (χ2n) is 3.19. The number of phenolic OH excluding ortho intramolecular Hbond substituents is 1. The van der Waals surface area contributed by atoms with Crippen LogP contribution >= 0.6 is 15.9 Å². The molecule has 0 aliphatic heterocycles. The summed E-state index contributed by atoms with van der Waals surface area (Å²) in [7, 11) is 0. The molecule has 0 amide bonds. The Morgan fingerprint density at radius 1 is 1.60 bits per heavy atom. The molecule has 0 aromatic heterocycles. The highest BCUT2D eigenvalue weighted by molar-refractivity contribution is 9.10. The van der Waals surface area contributed by atoms with Gasteiger partial charge in [0.15, 0.2) is 5.78 Å². The maximum Gasteiger partial charge on any atom is 0.166 e. The molecule has 0 spiro atoms. The van der Waals surface area contributed by atoms with E-state index in [0.717, 1.165) is 4.47 Å². The molecule has 1 aromatic rings. The fourth-order valence-corrected chi connectivity index (χ4v) is 1.85. The maximum atomic E-state index is 11.5. The van der Waals surface area contributed by atoms with Gasteiger partial charge in [0, 0.05) is 16.5 Å². The van der Waals surface area contributed by atoms with Crippen LogP contribution in [0, 0.1) is 0 Å². The van der Waals surface area contributed by atoms with Gasteiger partial charge in [-0.15, -0.1) is 6.58 Å². The number of halogens is 1. The van der Waals surface area contributed by atoms with Crippen LogP contribution in [0.1, 0.15) is 29.3 Å². The number of benzene rings is 1. The molecule has 0 saturated heterocycles. The summed E-state index contributed by atoms with van der Waals surface area (Å²) in [6.45, 7) is 5.39. The van der Waals surface area contributed by atoms with Crippen LogP contribution < -0.4 is 0 Å². The highest BCUT2D eigenvalue weighted by Crippen LogP contribution is 2.31. The van der Waals surface area contributed by atoms with E-state index in [2.05, 4.69) is 22.5 Å². The Morgan fingerprint density at radius 3 is 2.80 bits per heavy atom. The first kappa shape index (κ1) is 12.0. The zero-order valence-electron chi connectivity index (χ0n) is 8.59. The molecule has 0 bridgehead atoms. The lowest BCUT2D eigenvalue weighted by Crippen LogP contribution is -1.99. The number of phenols is 1. The van der Waals surface area contributed by atoms with Gasteiger partial charge in [-0.05, 0) is 18.6 Å². The highest BCUT2D eigenvalue weighted by atomic mass is 79.9. The van der Waals surface area contributed by atoms with Crippen molar-refractivity contribution in [3.05, 3.63) is 40.4 Å². The van der Waals surface area contributed by atoms with Crippen LogP contribution in [0.3, 0.4) is 0 Å². The average molecular weight is 269 g/mol. The molecule has 1 aromatic carbocycles. The van der Waals surface area contributed by atoms with E-state index < -0.39 is 0 Å². The Morgan fingerprint density at radius 2 is 2.27 bits per heavy atom. The molecule has 0 fully saturated rings. The minimum atomic E-state index is -0.0506. The predicted molar refractivity (Wildman–Crippen MR) is 64.3 cm³/mol. The number of hydrogen-bond acceptors (Lipinski definition) is 2. The standard InChI is InChI=1S/C12H13BrO2/c1-3-5-8-10(13)7-6-9(12(8)15)11(14)4-2/h3,6-7,15H,1,4-5H2,2H3. The second kappa shape index (κ2) is 5.12. The normalized spacial score (nSPS) is 10.0. The van der Waals surface area contributed by atoms with Crippen molar-refractivity contribution in [1.82, 2.24) is 0 Å². The lowest BCUT2D eigenvalue weighted by atomic mass is 10.0. The van der Waals surface area contributed by atoms with E-state index in [1.165, 1.54) is 0 Å². The van der Waals surface area contributed by atoms with Crippen LogP contribution in [-0.2, 0) is 6.42 Å². The molecule has 0 unspecified atom stereocenters. The molecule has 0 radical (unpaired) electrons. The van der Waals surface area contributed by atoms with Crippen LogP contribution in [-0.4, -0.2) is 10.9 Å². The van der Waals surface area contributed by atoms with Gasteiger partial charge in [0.05, 0.1) is 5.56 Å². The van der Waals surface area contributed by atoms with Gasteiger partial charge < -0.3 is 5.11 Å². The number of rotatable bonds is 4. The Bertz CT molecular complexity index is 397. The smallest absolute Gasteiger partial charge is 0.166 e. The van der Waals surface area contributed by atoms with Crippen molar-refractivity contribution in [1.29, 1.82) is 0 Å². The van der Waals surface area contributed by atoms with Gasteiger partial charge in [0.25, 0.3) is 0 Å². The average Bonchev–Trinajstić information content (AvgIpc) is 2.23. The van der Waals surface area contributed by atoms with Gasteiger partial charge >= 0.3 is 0 Å². The van der Waals surface area contributed by atoms with Crippen molar-refractivity contribution >= 4 is 21.7 Å². The van der Waals surface area contributed by atoms with Crippen molar-refractivity contribution in [3.8, 4) is 5.75 Å². The van der Waals surface area contributed by atoms with Crippen LogP contribution in [0.25, 0.3) is 0 Å². The van der Waals surface area contributed by atoms with E-state index in [1.54, 1.807) is 25.1 Å². The summed E-state index contributed by atoms with van der Waals surface area (Å²) in [6.07, 6.45) is 2.62. The molecule has 80 valence electrons. The van der Waals surface area contributed by atoms with E-state index in [1.807, 2.05) is 0 Å². The number of hydrogen-bond donors (Lipinski definition) is 1. The topological polar surface area (TPSA) is 37.3 Å². The van der Waals surface area contributed by atoms with Crippen molar-refractivity contribution < 1.29 is 9.90 Å². The first-order valence-electron chi connectivity index (χ1n) is 4.76. The van der Waals surface area contributed by atoms with E-state index in [-0.39, 0.29) is 11.5 Å². The largest absolute Gasteiger partial charge is 0.507 e. The predicted octanol–water partition coefficient (Wildman–Crippen LogP) is 3.48. The summed E-state index contributed by atoms with van der Waals surface area (Å²) in [4.78, 5) is 11.5. The minimum Gasteiger partial charge on any atom is -0.507 e. The van der Waals surface area contributed by atoms with Crippen LogP contribution in [0.5, 0.6) is 5.75 Å². The maximum absolute atomic E-state index is 11.5. The summed E-state index contributed by atoms with van der Waals surface area (Å²) in [5.41, 5.74) is 1.10. The van der Waals surface area contributed by atoms with Crippen molar-refractivity contribution in [2.24, 2.45) is 0 Å². The van der Waals surface area contributed by atoms with Crippen LogP contribution in [0.2, 0.25) is 0 Å². The molecule has 1 N–H and O–H groups in total. The van der Waals surface area contributed by atoms with Crippen molar-refractivity contribution in [3.63, 3.8) is 0 Å². The van der Waals surface area contributed by atoms with Crippen molar-refractivity contribution in [2.45, 2.75) is 19.8 Å². The molecule has 2 nitrogen and oxygen atoms in total. The Hall–Kier alpha value is -1.09. The molecule has 0 heterocycles. The van der Waals surface area contributed by atoms with Gasteiger partial charge in [0.2, 0.25) is 0 Å². The zero-order chi connectivity index (χ0) is 11.4. The lowest BCUT2D eigenvalue weighted by Gasteiger charge is -2.09. The minimum absolute atomic E-state index is 0.0506. The number of Topliss-reactive ketones (excluding diaryl/α,β-unsaturated/α-hetero) is 1. The van der Waals surface area contributed by atoms with Gasteiger partial charge in [-0.2, -0.15) is 0 Å². The summed E-state index contributed by atoms with van der Waals surface area (Å²) in [6, 6.07) is 3.42. The molecular weight excluding hydrogens is 256 g/mol. The van der Waals surface area contributed by atoms with Crippen molar-refractivity contribution in [2.75, 3.05) is 0 Å². The molecule has 3 heteroatoms. The van der Waals surface area contributed by atoms with Gasteiger partial charge in [-0.3, -0.25) is 4.79 Å². The molecule has 0 saturated carbocycles. The van der Waals surface area contributed by atoms with Gasteiger partial charge in [-0.1, -0.05) is 28.9 Å². The summed E-state index contributed by atoms with van der Waals surface area (Å²) < 4.78 is 0.799. The molecular formula is C12H13BrO2. The molecule has 0 aliphatic carbocycles. The summed E-state index contributed by atoms with van der Waals surface area (Å²) >= 11 is 3.33.